The highest BCUT2D eigenvalue weighted by molar-refractivity contribution is 9.10. The predicted octanol–water partition coefficient (Wildman–Crippen LogP) is 4.55. The molecule has 0 aliphatic carbocycles. The van der Waals surface area contributed by atoms with Gasteiger partial charge in [0.05, 0.1) is 6.04 Å². The minimum Gasteiger partial charge on any atom is -0.464 e. The van der Waals surface area contributed by atoms with Crippen LogP contribution in [0.1, 0.15) is 23.1 Å². The summed E-state index contributed by atoms with van der Waals surface area (Å²) in [6, 6.07) is 16.0. The summed E-state index contributed by atoms with van der Waals surface area (Å²) in [7, 11) is 0. The highest BCUT2D eigenvalue weighted by Gasteiger charge is 2.16. The van der Waals surface area contributed by atoms with Gasteiger partial charge in [-0.2, -0.15) is 0 Å². The number of hydrogen-bond acceptors (Lipinski definition) is 2. The van der Waals surface area contributed by atoms with E-state index in [2.05, 4.69) is 34.1 Å². The van der Waals surface area contributed by atoms with Gasteiger partial charge in [0.15, 0.2) is 0 Å². The first-order valence-corrected chi connectivity index (χ1v) is 6.95. The van der Waals surface area contributed by atoms with Crippen LogP contribution in [-0.2, 0) is 0 Å². The molecule has 0 bridgehead atoms. The van der Waals surface area contributed by atoms with E-state index in [9.17, 15) is 0 Å². The molecule has 0 radical (unpaired) electrons. The van der Waals surface area contributed by atoms with Crippen LogP contribution < -0.4 is 5.73 Å². The van der Waals surface area contributed by atoms with E-state index in [1.165, 1.54) is 5.39 Å². The molecule has 0 aliphatic heterocycles. The van der Waals surface area contributed by atoms with Crippen LogP contribution in [0.5, 0.6) is 0 Å². The average molecular weight is 316 g/mol. The van der Waals surface area contributed by atoms with E-state index in [1.807, 2.05) is 37.3 Å². The number of nitrogens with two attached hydrogens (primary N) is 1. The van der Waals surface area contributed by atoms with Crippen LogP contribution in [0.2, 0.25) is 0 Å². The molecule has 3 heteroatoms. The van der Waals surface area contributed by atoms with Gasteiger partial charge in [-0.1, -0.05) is 46.3 Å². The van der Waals surface area contributed by atoms with Crippen LogP contribution in [0.15, 0.2) is 57.4 Å². The molecule has 1 aromatic heterocycles. The summed E-state index contributed by atoms with van der Waals surface area (Å²) >= 11 is 3.58. The SMILES string of the molecule is Cc1ccc(C(N)c2ccc(Br)c3ccccc23)o1. The first-order valence-electron chi connectivity index (χ1n) is 6.16. The minimum absolute atomic E-state index is 0.244. The van der Waals surface area contributed by atoms with Crippen molar-refractivity contribution in [3.63, 3.8) is 0 Å². The van der Waals surface area contributed by atoms with Crippen molar-refractivity contribution in [2.24, 2.45) is 5.73 Å². The van der Waals surface area contributed by atoms with Crippen molar-refractivity contribution >= 4 is 26.7 Å². The van der Waals surface area contributed by atoms with Crippen molar-refractivity contribution in [3.8, 4) is 0 Å². The zero-order valence-electron chi connectivity index (χ0n) is 10.6. The highest BCUT2D eigenvalue weighted by Crippen LogP contribution is 2.32. The Bertz CT molecular complexity index is 732. The number of fused-ring (bicyclic) bond motifs is 1. The van der Waals surface area contributed by atoms with Crippen LogP contribution in [0.3, 0.4) is 0 Å². The maximum absolute atomic E-state index is 6.34. The largest absolute Gasteiger partial charge is 0.464 e. The molecule has 2 nitrogen and oxygen atoms in total. The lowest BCUT2D eigenvalue weighted by Crippen LogP contribution is -2.11. The Morgan fingerprint density at radius 1 is 1.00 bits per heavy atom. The molecule has 0 aliphatic rings. The third kappa shape index (κ3) is 2.20. The predicted molar refractivity (Wildman–Crippen MR) is 81.1 cm³/mol. The summed E-state index contributed by atoms with van der Waals surface area (Å²) in [4.78, 5) is 0. The van der Waals surface area contributed by atoms with Crippen molar-refractivity contribution < 1.29 is 4.42 Å². The van der Waals surface area contributed by atoms with E-state index < -0.39 is 0 Å². The van der Waals surface area contributed by atoms with Gasteiger partial charge in [0.2, 0.25) is 0 Å². The van der Waals surface area contributed by atoms with Gasteiger partial charge in [-0.3, -0.25) is 0 Å². The van der Waals surface area contributed by atoms with Crippen molar-refractivity contribution in [1.82, 2.24) is 0 Å². The Morgan fingerprint density at radius 3 is 2.42 bits per heavy atom. The third-order valence-electron chi connectivity index (χ3n) is 3.31. The van der Waals surface area contributed by atoms with E-state index in [1.54, 1.807) is 0 Å². The number of furan rings is 1. The smallest absolute Gasteiger partial charge is 0.125 e. The van der Waals surface area contributed by atoms with Crippen LogP contribution in [-0.4, -0.2) is 0 Å². The Morgan fingerprint density at radius 2 is 1.74 bits per heavy atom. The molecule has 0 amide bonds. The van der Waals surface area contributed by atoms with Crippen LogP contribution in [0.4, 0.5) is 0 Å². The van der Waals surface area contributed by atoms with Gasteiger partial charge in [-0.25, -0.2) is 0 Å². The highest BCUT2D eigenvalue weighted by atomic mass is 79.9. The summed E-state index contributed by atoms with van der Waals surface area (Å²) in [5.74, 6) is 1.68. The Hall–Kier alpha value is -1.58. The number of hydrogen-bond donors (Lipinski definition) is 1. The second-order valence-electron chi connectivity index (χ2n) is 4.61. The molecule has 2 aromatic carbocycles. The first-order chi connectivity index (χ1) is 9.16. The second kappa shape index (κ2) is 4.83. The van der Waals surface area contributed by atoms with Crippen LogP contribution in [0.25, 0.3) is 10.8 Å². The quantitative estimate of drug-likeness (QED) is 0.753. The van der Waals surface area contributed by atoms with Crippen molar-refractivity contribution in [1.29, 1.82) is 0 Å². The van der Waals surface area contributed by atoms with Gasteiger partial charge in [-0.05, 0) is 41.5 Å². The molecule has 0 saturated carbocycles. The van der Waals surface area contributed by atoms with E-state index in [0.717, 1.165) is 26.9 Å². The number of benzene rings is 2. The van der Waals surface area contributed by atoms with Crippen LogP contribution >= 0.6 is 15.9 Å². The number of aryl methyl sites for hydroxylation is 1. The third-order valence-corrected chi connectivity index (χ3v) is 4.00. The fourth-order valence-corrected chi connectivity index (χ4v) is 2.81. The Balaban J connectivity index is 2.18. The molecule has 3 aromatic rings. The van der Waals surface area contributed by atoms with E-state index >= 15 is 0 Å². The van der Waals surface area contributed by atoms with Gasteiger partial charge in [0, 0.05) is 4.47 Å². The van der Waals surface area contributed by atoms with E-state index in [-0.39, 0.29) is 6.04 Å². The maximum Gasteiger partial charge on any atom is 0.125 e. The minimum atomic E-state index is -0.244. The summed E-state index contributed by atoms with van der Waals surface area (Å²) in [6.45, 7) is 1.93. The van der Waals surface area contributed by atoms with Crippen molar-refractivity contribution in [2.45, 2.75) is 13.0 Å². The van der Waals surface area contributed by atoms with E-state index in [4.69, 9.17) is 10.2 Å². The van der Waals surface area contributed by atoms with Gasteiger partial charge in [0.25, 0.3) is 0 Å². The lowest BCUT2D eigenvalue weighted by molar-refractivity contribution is 0.467. The first kappa shape index (κ1) is 12.5. The normalized spacial score (nSPS) is 12.8. The van der Waals surface area contributed by atoms with Gasteiger partial charge < -0.3 is 10.2 Å². The lowest BCUT2D eigenvalue weighted by Gasteiger charge is -2.13. The molecule has 2 N–H and O–H groups in total. The molecule has 19 heavy (non-hydrogen) atoms. The van der Waals surface area contributed by atoms with Gasteiger partial charge >= 0.3 is 0 Å². The zero-order chi connectivity index (χ0) is 13.4. The van der Waals surface area contributed by atoms with Gasteiger partial charge in [-0.15, -0.1) is 0 Å². The monoisotopic (exact) mass is 315 g/mol. The van der Waals surface area contributed by atoms with E-state index in [0.29, 0.717) is 0 Å². The van der Waals surface area contributed by atoms with Crippen molar-refractivity contribution in [3.05, 3.63) is 70.1 Å². The number of halogens is 1. The van der Waals surface area contributed by atoms with Crippen molar-refractivity contribution in [2.75, 3.05) is 0 Å². The molecule has 0 fully saturated rings. The maximum atomic E-state index is 6.34. The molecule has 0 spiro atoms. The molecule has 1 unspecified atom stereocenters. The molecule has 1 heterocycles. The summed E-state index contributed by atoms with van der Waals surface area (Å²) in [6.07, 6.45) is 0. The zero-order valence-corrected chi connectivity index (χ0v) is 12.1. The summed E-state index contributed by atoms with van der Waals surface area (Å²) in [5, 5.41) is 2.32. The molecular formula is C16H14BrNO. The fourth-order valence-electron chi connectivity index (χ4n) is 2.33. The second-order valence-corrected chi connectivity index (χ2v) is 5.46. The Labute approximate surface area is 120 Å². The molecular weight excluding hydrogens is 302 g/mol. The summed E-state index contributed by atoms with van der Waals surface area (Å²) < 4.78 is 6.72. The fraction of sp³-hybridized carbons (Fsp3) is 0.125. The average Bonchev–Trinajstić information content (AvgIpc) is 2.86. The topological polar surface area (TPSA) is 39.2 Å². The molecule has 96 valence electrons. The molecule has 3 rings (SSSR count). The summed E-state index contributed by atoms with van der Waals surface area (Å²) in [5.41, 5.74) is 7.41. The number of rotatable bonds is 2. The van der Waals surface area contributed by atoms with Gasteiger partial charge in [0.1, 0.15) is 11.5 Å². The standard InChI is InChI=1S/C16H14BrNO/c1-10-6-9-15(19-10)16(18)13-7-8-14(17)12-5-3-2-4-11(12)13/h2-9,16H,18H2,1H3. The van der Waals surface area contributed by atoms with Crippen LogP contribution in [0, 0.1) is 6.92 Å². The molecule has 1 atom stereocenters. The lowest BCUT2D eigenvalue weighted by atomic mass is 9.98. The molecule has 0 saturated heterocycles. The Kier molecular flexibility index (Phi) is 3.17.